The number of pyridine rings is 1. The standard InChI is InChI=1S/C24H31N3O/c1-4-5-6-18-8-7-17(2)20(15-18)19-10-13-25-22(16-19)21-9-11-24(26-21)12-14-27(3)23(24)28/h7-8,10,13,15-16,21,26H,4-6,9,11-12,14H2,1-3H3. The van der Waals surface area contributed by atoms with E-state index in [9.17, 15) is 4.79 Å². The molecule has 0 aliphatic carbocycles. The zero-order chi connectivity index (χ0) is 19.7. The first-order valence-corrected chi connectivity index (χ1v) is 10.6. The molecule has 2 unspecified atom stereocenters. The topological polar surface area (TPSA) is 45.2 Å². The molecule has 4 nitrogen and oxygen atoms in total. The van der Waals surface area contributed by atoms with Crippen molar-refractivity contribution in [3.8, 4) is 11.1 Å². The van der Waals surface area contributed by atoms with Crippen LogP contribution in [0.2, 0.25) is 0 Å². The number of carbonyl (C=O) groups excluding carboxylic acids is 1. The molecule has 2 atom stereocenters. The van der Waals surface area contributed by atoms with E-state index in [1.54, 1.807) is 0 Å². The van der Waals surface area contributed by atoms with Crippen molar-refractivity contribution < 1.29 is 4.79 Å². The van der Waals surface area contributed by atoms with Crippen LogP contribution in [0, 0.1) is 6.92 Å². The molecule has 1 spiro atoms. The van der Waals surface area contributed by atoms with E-state index in [4.69, 9.17) is 0 Å². The fraction of sp³-hybridized carbons (Fsp3) is 0.500. The third-order valence-corrected chi connectivity index (χ3v) is 6.51. The van der Waals surface area contributed by atoms with Crippen molar-refractivity contribution in [2.45, 2.75) is 64.0 Å². The minimum Gasteiger partial charge on any atom is -0.344 e. The van der Waals surface area contributed by atoms with Gasteiger partial charge in [-0.3, -0.25) is 15.1 Å². The van der Waals surface area contributed by atoms with E-state index < -0.39 is 0 Å². The number of benzene rings is 1. The summed E-state index contributed by atoms with van der Waals surface area (Å²) in [6.45, 7) is 5.25. The van der Waals surface area contributed by atoms with Crippen LogP contribution in [-0.4, -0.2) is 34.9 Å². The van der Waals surface area contributed by atoms with Crippen LogP contribution in [0.15, 0.2) is 36.5 Å². The van der Waals surface area contributed by atoms with Crippen molar-refractivity contribution >= 4 is 5.91 Å². The zero-order valence-corrected chi connectivity index (χ0v) is 17.3. The van der Waals surface area contributed by atoms with Crippen LogP contribution in [0.5, 0.6) is 0 Å². The van der Waals surface area contributed by atoms with Crippen LogP contribution in [0.4, 0.5) is 0 Å². The van der Waals surface area contributed by atoms with E-state index in [1.165, 1.54) is 35.1 Å². The summed E-state index contributed by atoms with van der Waals surface area (Å²) in [7, 11) is 1.90. The second kappa shape index (κ2) is 7.67. The molecule has 2 aromatic rings. The summed E-state index contributed by atoms with van der Waals surface area (Å²) < 4.78 is 0. The van der Waals surface area contributed by atoms with Crippen molar-refractivity contribution in [3.05, 3.63) is 53.3 Å². The number of aryl methyl sites for hydroxylation is 2. The number of nitrogens with zero attached hydrogens (tertiary/aromatic N) is 2. The molecular formula is C24H31N3O. The van der Waals surface area contributed by atoms with Crippen LogP contribution < -0.4 is 5.32 Å². The molecule has 0 bridgehead atoms. The second-order valence-corrected chi connectivity index (χ2v) is 8.52. The van der Waals surface area contributed by atoms with Gasteiger partial charge in [-0.25, -0.2) is 0 Å². The number of amides is 1. The largest absolute Gasteiger partial charge is 0.344 e. The average Bonchev–Trinajstić information content (AvgIpc) is 3.27. The van der Waals surface area contributed by atoms with Crippen LogP contribution in [0.3, 0.4) is 0 Å². The molecule has 0 saturated carbocycles. The van der Waals surface area contributed by atoms with Crippen molar-refractivity contribution in [3.63, 3.8) is 0 Å². The van der Waals surface area contributed by atoms with Crippen LogP contribution in [-0.2, 0) is 11.2 Å². The molecule has 2 aliphatic rings. The molecule has 1 aromatic carbocycles. The Kier molecular flexibility index (Phi) is 5.24. The van der Waals surface area contributed by atoms with Gasteiger partial charge in [-0.1, -0.05) is 31.5 Å². The summed E-state index contributed by atoms with van der Waals surface area (Å²) in [5.41, 5.74) is 5.89. The molecule has 28 heavy (non-hydrogen) atoms. The highest BCUT2D eigenvalue weighted by Gasteiger charge is 2.50. The second-order valence-electron chi connectivity index (χ2n) is 8.52. The van der Waals surface area contributed by atoms with E-state index >= 15 is 0 Å². The third kappa shape index (κ3) is 3.46. The van der Waals surface area contributed by atoms with E-state index in [-0.39, 0.29) is 17.5 Å². The molecule has 148 valence electrons. The molecule has 1 aromatic heterocycles. The Morgan fingerprint density at radius 3 is 2.86 bits per heavy atom. The summed E-state index contributed by atoms with van der Waals surface area (Å²) in [4.78, 5) is 19.1. The van der Waals surface area contributed by atoms with Gasteiger partial charge < -0.3 is 4.90 Å². The van der Waals surface area contributed by atoms with Gasteiger partial charge in [-0.15, -0.1) is 0 Å². The van der Waals surface area contributed by atoms with E-state index in [0.29, 0.717) is 0 Å². The Morgan fingerprint density at radius 1 is 1.25 bits per heavy atom. The van der Waals surface area contributed by atoms with Gasteiger partial charge in [0.2, 0.25) is 5.91 Å². The highest BCUT2D eigenvalue weighted by Crippen LogP contribution is 2.39. The van der Waals surface area contributed by atoms with Crippen molar-refractivity contribution in [1.82, 2.24) is 15.2 Å². The van der Waals surface area contributed by atoms with Gasteiger partial charge in [0, 0.05) is 19.8 Å². The lowest BCUT2D eigenvalue weighted by Crippen LogP contribution is -2.47. The van der Waals surface area contributed by atoms with Gasteiger partial charge >= 0.3 is 0 Å². The number of carbonyl (C=O) groups is 1. The fourth-order valence-electron chi connectivity index (χ4n) is 4.71. The SMILES string of the molecule is CCCCc1ccc(C)c(-c2ccnc(C3CCC4(CCN(C)C4=O)N3)c2)c1. The van der Waals surface area contributed by atoms with Gasteiger partial charge in [0.05, 0.1) is 11.7 Å². The summed E-state index contributed by atoms with van der Waals surface area (Å²) >= 11 is 0. The number of likely N-dealkylation sites (N-methyl/N-ethyl adjacent to an activating group) is 1. The monoisotopic (exact) mass is 377 g/mol. The van der Waals surface area contributed by atoms with Gasteiger partial charge in [-0.2, -0.15) is 0 Å². The maximum absolute atomic E-state index is 12.6. The highest BCUT2D eigenvalue weighted by atomic mass is 16.2. The molecular weight excluding hydrogens is 346 g/mol. The van der Waals surface area contributed by atoms with Gasteiger partial charge in [0.25, 0.3) is 0 Å². The minimum absolute atomic E-state index is 0.152. The Labute approximate surface area is 168 Å². The molecule has 1 amide bonds. The lowest BCUT2D eigenvalue weighted by molar-refractivity contribution is -0.131. The Bertz CT molecular complexity index is 878. The quantitative estimate of drug-likeness (QED) is 0.839. The maximum Gasteiger partial charge on any atom is 0.242 e. The molecule has 2 saturated heterocycles. The molecule has 3 heterocycles. The molecule has 0 radical (unpaired) electrons. The average molecular weight is 378 g/mol. The first kappa shape index (κ1) is 19.1. The number of nitrogens with one attached hydrogen (secondary N) is 1. The fourth-order valence-corrected chi connectivity index (χ4v) is 4.71. The molecule has 1 N–H and O–H groups in total. The van der Waals surface area contributed by atoms with Crippen LogP contribution >= 0.6 is 0 Å². The number of unbranched alkanes of at least 4 members (excludes halogenated alkanes) is 1. The Balaban J connectivity index is 1.58. The van der Waals surface area contributed by atoms with Crippen LogP contribution in [0.25, 0.3) is 11.1 Å². The lowest BCUT2D eigenvalue weighted by Gasteiger charge is -2.23. The van der Waals surface area contributed by atoms with Gasteiger partial charge in [0.15, 0.2) is 0 Å². The van der Waals surface area contributed by atoms with Gasteiger partial charge in [0.1, 0.15) is 5.54 Å². The lowest BCUT2D eigenvalue weighted by atomic mass is 9.95. The first-order valence-electron chi connectivity index (χ1n) is 10.6. The predicted octanol–water partition coefficient (Wildman–Crippen LogP) is 4.43. The summed E-state index contributed by atoms with van der Waals surface area (Å²) in [5.74, 6) is 0.241. The Hall–Kier alpha value is -2.20. The predicted molar refractivity (Wildman–Crippen MR) is 113 cm³/mol. The number of hydrogen-bond acceptors (Lipinski definition) is 3. The number of rotatable bonds is 5. The minimum atomic E-state index is -0.368. The van der Waals surface area contributed by atoms with Crippen molar-refractivity contribution in [1.29, 1.82) is 0 Å². The van der Waals surface area contributed by atoms with E-state index in [0.717, 1.165) is 37.9 Å². The smallest absolute Gasteiger partial charge is 0.242 e. The van der Waals surface area contributed by atoms with Crippen molar-refractivity contribution in [2.24, 2.45) is 0 Å². The number of likely N-dealkylation sites (tertiary alicyclic amines) is 1. The van der Waals surface area contributed by atoms with Gasteiger partial charge in [-0.05, 0) is 73.4 Å². The van der Waals surface area contributed by atoms with E-state index in [2.05, 4.69) is 54.5 Å². The molecule has 4 heteroatoms. The highest BCUT2D eigenvalue weighted by molar-refractivity contribution is 5.88. The number of aromatic nitrogens is 1. The molecule has 2 fully saturated rings. The molecule has 4 rings (SSSR count). The maximum atomic E-state index is 12.6. The van der Waals surface area contributed by atoms with E-state index in [1.807, 2.05) is 18.1 Å². The summed E-state index contributed by atoms with van der Waals surface area (Å²) in [5, 5.41) is 3.64. The normalized spacial score (nSPS) is 24.5. The Morgan fingerprint density at radius 2 is 2.11 bits per heavy atom. The first-order chi connectivity index (χ1) is 13.5. The number of hydrogen-bond donors (Lipinski definition) is 1. The third-order valence-electron chi connectivity index (χ3n) is 6.51. The molecule has 2 aliphatic heterocycles. The summed E-state index contributed by atoms with van der Waals surface area (Å²) in [6, 6.07) is 11.3. The summed E-state index contributed by atoms with van der Waals surface area (Å²) in [6.07, 6.45) is 8.25. The van der Waals surface area contributed by atoms with Crippen molar-refractivity contribution in [2.75, 3.05) is 13.6 Å². The zero-order valence-electron chi connectivity index (χ0n) is 17.3. The van der Waals surface area contributed by atoms with Crippen LogP contribution in [0.1, 0.15) is 61.9 Å².